The zero-order valence-electron chi connectivity index (χ0n) is 13.3. The maximum Gasteiger partial charge on any atom is 0.170 e. The van der Waals surface area contributed by atoms with Crippen LogP contribution in [-0.2, 0) is 13.0 Å². The van der Waals surface area contributed by atoms with Crippen molar-refractivity contribution in [3.05, 3.63) is 82.1 Å². The van der Waals surface area contributed by atoms with Crippen LogP contribution < -0.4 is 4.74 Å². The molecule has 0 saturated carbocycles. The largest absolute Gasteiger partial charge is 0.497 e. The van der Waals surface area contributed by atoms with Gasteiger partial charge in [-0.25, -0.2) is 0 Å². The molecule has 0 unspecified atom stereocenters. The summed E-state index contributed by atoms with van der Waals surface area (Å²) in [4.78, 5) is 11.1. The highest BCUT2D eigenvalue weighted by molar-refractivity contribution is 6.31. The first-order valence-electron chi connectivity index (χ1n) is 7.58. The molecule has 3 aromatic rings. The first kappa shape index (κ1) is 16.3. The van der Waals surface area contributed by atoms with Gasteiger partial charge in [0.1, 0.15) is 11.4 Å². The fourth-order valence-electron chi connectivity index (χ4n) is 2.55. The van der Waals surface area contributed by atoms with E-state index in [9.17, 15) is 4.79 Å². The number of rotatable bonds is 6. The van der Waals surface area contributed by atoms with E-state index >= 15 is 0 Å². The van der Waals surface area contributed by atoms with Crippen LogP contribution >= 0.6 is 11.6 Å². The number of methoxy groups -OCH3 is 1. The highest BCUT2D eigenvalue weighted by Gasteiger charge is 2.10. The molecule has 0 N–H and O–H groups in total. The summed E-state index contributed by atoms with van der Waals surface area (Å²) in [5.74, 6) is 0.817. The van der Waals surface area contributed by atoms with Gasteiger partial charge in [-0.2, -0.15) is 5.10 Å². The normalized spacial score (nSPS) is 10.6. The predicted molar refractivity (Wildman–Crippen MR) is 94.0 cm³/mol. The number of carbonyl (C=O) groups is 1. The Morgan fingerprint density at radius 2 is 1.92 bits per heavy atom. The lowest BCUT2D eigenvalue weighted by Crippen LogP contribution is -2.07. The molecule has 0 spiro atoms. The minimum absolute atomic E-state index is 0.422. The van der Waals surface area contributed by atoms with E-state index in [1.807, 2.05) is 59.3 Å². The molecule has 122 valence electrons. The summed E-state index contributed by atoms with van der Waals surface area (Å²) < 4.78 is 7.01. The van der Waals surface area contributed by atoms with Crippen LogP contribution in [0.3, 0.4) is 0 Å². The molecule has 3 rings (SSSR count). The summed E-state index contributed by atoms with van der Waals surface area (Å²) in [6, 6.07) is 17.3. The minimum Gasteiger partial charge on any atom is -0.497 e. The van der Waals surface area contributed by atoms with Gasteiger partial charge >= 0.3 is 0 Å². The van der Waals surface area contributed by atoms with Crippen LogP contribution in [0.4, 0.5) is 0 Å². The number of ether oxygens (including phenoxy) is 1. The van der Waals surface area contributed by atoms with Crippen LogP contribution in [0, 0.1) is 0 Å². The molecule has 0 saturated heterocycles. The standard InChI is InChI=1S/C19H17ClN2O2/c1-24-18-8-6-14(7-9-18)10-17-11-16(13-23)21-22(17)12-15-4-2-3-5-19(15)20/h2-9,11,13H,10,12H2,1H3. The van der Waals surface area contributed by atoms with Crippen molar-refractivity contribution in [3.63, 3.8) is 0 Å². The molecule has 0 aliphatic rings. The van der Waals surface area contributed by atoms with E-state index in [4.69, 9.17) is 16.3 Å². The van der Waals surface area contributed by atoms with Crippen LogP contribution in [0.1, 0.15) is 27.3 Å². The zero-order valence-corrected chi connectivity index (χ0v) is 14.0. The summed E-state index contributed by atoms with van der Waals surface area (Å²) in [6.45, 7) is 0.527. The Labute approximate surface area is 145 Å². The van der Waals surface area contributed by atoms with Gasteiger partial charge in [0.2, 0.25) is 0 Å². The number of hydrogen-bond donors (Lipinski definition) is 0. The molecule has 1 heterocycles. The Kier molecular flexibility index (Phi) is 4.96. The Morgan fingerprint density at radius 3 is 2.58 bits per heavy atom. The highest BCUT2D eigenvalue weighted by Crippen LogP contribution is 2.19. The Balaban J connectivity index is 1.88. The van der Waals surface area contributed by atoms with Crippen molar-refractivity contribution >= 4 is 17.9 Å². The number of carbonyl (C=O) groups excluding carboxylic acids is 1. The average molecular weight is 341 g/mol. The van der Waals surface area contributed by atoms with Crippen molar-refractivity contribution in [1.82, 2.24) is 9.78 Å². The zero-order chi connectivity index (χ0) is 16.9. The second kappa shape index (κ2) is 7.32. The summed E-state index contributed by atoms with van der Waals surface area (Å²) in [5, 5.41) is 5.05. The molecule has 4 nitrogen and oxygen atoms in total. The lowest BCUT2D eigenvalue weighted by Gasteiger charge is -2.09. The van der Waals surface area contributed by atoms with Crippen LogP contribution in [0.2, 0.25) is 5.02 Å². The van der Waals surface area contributed by atoms with Gasteiger partial charge in [0.15, 0.2) is 6.29 Å². The highest BCUT2D eigenvalue weighted by atomic mass is 35.5. The van der Waals surface area contributed by atoms with E-state index < -0.39 is 0 Å². The van der Waals surface area contributed by atoms with E-state index in [0.29, 0.717) is 23.7 Å². The van der Waals surface area contributed by atoms with Gasteiger partial charge in [0.05, 0.1) is 13.7 Å². The number of hydrogen-bond acceptors (Lipinski definition) is 3. The van der Waals surface area contributed by atoms with Gasteiger partial charge in [-0.15, -0.1) is 0 Å². The van der Waals surface area contributed by atoms with E-state index in [2.05, 4.69) is 5.10 Å². The van der Waals surface area contributed by atoms with Crippen LogP contribution in [0.25, 0.3) is 0 Å². The van der Waals surface area contributed by atoms with Crippen molar-refractivity contribution in [3.8, 4) is 5.75 Å². The second-order valence-corrected chi connectivity index (χ2v) is 5.86. The maximum atomic E-state index is 11.1. The first-order valence-corrected chi connectivity index (χ1v) is 7.95. The Morgan fingerprint density at radius 1 is 1.17 bits per heavy atom. The lowest BCUT2D eigenvalue weighted by molar-refractivity contribution is 0.111. The van der Waals surface area contributed by atoms with Crippen molar-refractivity contribution in [2.24, 2.45) is 0 Å². The first-order chi connectivity index (χ1) is 11.7. The molecule has 0 amide bonds. The fourth-order valence-corrected chi connectivity index (χ4v) is 2.75. The molecule has 0 aliphatic carbocycles. The Bertz CT molecular complexity index is 841. The second-order valence-electron chi connectivity index (χ2n) is 5.45. The maximum absolute atomic E-state index is 11.1. The molecule has 2 aromatic carbocycles. The fraction of sp³-hybridized carbons (Fsp3) is 0.158. The van der Waals surface area contributed by atoms with Crippen LogP contribution in [-0.4, -0.2) is 23.2 Å². The average Bonchev–Trinajstić information content (AvgIpc) is 2.99. The van der Waals surface area contributed by atoms with E-state index in [1.54, 1.807) is 7.11 Å². The third-order valence-corrected chi connectivity index (χ3v) is 4.19. The molecular weight excluding hydrogens is 324 g/mol. The summed E-state index contributed by atoms with van der Waals surface area (Å²) >= 11 is 6.24. The van der Waals surface area contributed by atoms with E-state index in [0.717, 1.165) is 28.9 Å². The van der Waals surface area contributed by atoms with E-state index in [1.165, 1.54) is 0 Å². The van der Waals surface area contributed by atoms with Gasteiger partial charge in [0, 0.05) is 17.1 Å². The number of halogens is 1. The summed E-state index contributed by atoms with van der Waals surface area (Å²) in [5.41, 5.74) is 3.47. The molecule has 24 heavy (non-hydrogen) atoms. The van der Waals surface area contributed by atoms with Gasteiger partial charge < -0.3 is 4.74 Å². The molecular formula is C19H17ClN2O2. The molecule has 0 aliphatic heterocycles. The SMILES string of the molecule is COc1ccc(Cc2cc(C=O)nn2Cc2ccccc2Cl)cc1. The molecule has 0 bridgehead atoms. The van der Waals surface area contributed by atoms with Crippen LogP contribution in [0.5, 0.6) is 5.75 Å². The van der Waals surface area contributed by atoms with Crippen molar-refractivity contribution in [2.75, 3.05) is 7.11 Å². The van der Waals surface area contributed by atoms with Crippen molar-refractivity contribution < 1.29 is 9.53 Å². The predicted octanol–water partition coefficient (Wildman–Crippen LogP) is 4.00. The molecule has 5 heteroatoms. The number of aldehydes is 1. The number of benzene rings is 2. The summed E-state index contributed by atoms with van der Waals surface area (Å²) in [6.07, 6.45) is 1.44. The van der Waals surface area contributed by atoms with Gasteiger partial charge in [-0.05, 0) is 35.4 Å². The smallest absolute Gasteiger partial charge is 0.170 e. The number of aromatic nitrogens is 2. The molecule has 1 aromatic heterocycles. The minimum atomic E-state index is 0.422. The monoisotopic (exact) mass is 340 g/mol. The molecule has 0 radical (unpaired) electrons. The van der Waals surface area contributed by atoms with Crippen molar-refractivity contribution in [1.29, 1.82) is 0 Å². The summed E-state index contributed by atoms with van der Waals surface area (Å²) in [7, 11) is 1.64. The van der Waals surface area contributed by atoms with Gasteiger partial charge in [-0.3, -0.25) is 9.48 Å². The lowest BCUT2D eigenvalue weighted by atomic mass is 10.1. The molecule has 0 fully saturated rings. The van der Waals surface area contributed by atoms with Crippen LogP contribution in [0.15, 0.2) is 54.6 Å². The third kappa shape index (κ3) is 3.66. The van der Waals surface area contributed by atoms with Gasteiger partial charge in [-0.1, -0.05) is 41.9 Å². The third-order valence-electron chi connectivity index (χ3n) is 3.83. The van der Waals surface area contributed by atoms with E-state index in [-0.39, 0.29) is 0 Å². The molecule has 0 atom stereocenters. The number of nitrogens with zero attached hydrogens (tertiary/aromatic N) is 2. The van der Waals surface area contributed by atoms with Gasteiger partial charge in [0.25, 0.3) is 0 Å². The quantitative estimate of drug-likeness (QED) is 0.637. The van der Waals surface area contributed by atoms with Crippen molar-refractivity contribution in [2.45, 2.75) is 13.0 Å². The Hall–Kier alpha value is -2.59. The topological polar surface area (TPSA) is 44.1 Å².